The number of fused-ring (bicyclic) bond motifs is 2. The second kappa shape index (κ2) is 9.76. The highest BCUT2D eigenvalue weighted by Gasteiger charge is 2.28. The van der Waals surface area contributed by atoms with Crippen molar-refractivity contribution in [1.82, 2.24) is 5.32 Å². The van der Waals surface area contributed by atoms with Crippen LogP contribution in [0, 0.1) is 5.82 Å². The minimum atomic E-state index is -0.710. The zero-order valence-electron chi connectivity index (χ0n) is 16.1. The van der Waals surface area contributed by atoms with Crippen molar-refractivity contribution in [3.63, 3.8) is 0 Å². The monoisotopic (exact) mass is 423 g/mol. The average Bonchev–Trinajstić information content (AvgIpc) is 2.72. The van der Waals surface area contributed by atoms with Crippen LogP contribution in [-0.4, -0.2) is 47.7 Å². The molecule has 0 unspecified atom stereocenters. The Bertz CT molecular complexity index is 821. The van der Waals surface area contributed by atoms with Crippen LogP contribution in [-0.2, 0) is 12.8 Å². The van der Waals surface area contributed by atoms with Crippen molar-refractivity contribution >= 4 is 12.4 Å². The van der Waals surface area contributed by atoms with Crippen molar-refractivity contribution < 1.29 is 24.1 Å². The fourth-order valence-electron chi connectivity index (χ4n) is 3.91. The minimum Gasteiger partial charge on any atom is -0.487 e. The molecule has 0 fully saturated rings. The van der Waals surface area contributed by atoms with Crippen LogP contribution in [0.1, 0.15) is 24.0 Å². The average molecular weight is 424 g/mol. The molecular weight excluding hydrogens is 397 g/mol. The standard InChI is InChI=1S/C22H26FNO4.ClH/c23-16-7-10-20-15(11-16)6-9-22(28-20)18(26)13-24-12-17(25)21-8-5-14-3-1-2-4-19(14)27-21;/h1-4,7,10-11,17-18,21-22,24-26H,5-6,8-9,12-13H2;1H/t17-,18-,21-,22+;/m0./s1. The van der Waals surface area contributed by atoms with E-state index in [0.717, 1.165) is 24.2 Å². The fourth-order valence-corrected chi connectivity index (χ4v) is 3.91. The summed E-state index contributed by atoms with van der Waals surface area (Å²) >= 11 is 0. The lowest BCUT2D eigenvalue weighted by Gasteiger charge is -2.31. The lowest BCUT2D eigenvalue weighted by atomic mass is 9.98. The van der Waals surface area contributed by atoms with E-state index in [-0.39, 0.29) is 30.4 Å². The number of hydrogen-bond acceptors (Lipinski definition) is 5. The molecule has 0 aromatic heterocycles. The molecule has 2 aromatic rings. The maximum Gasteiger partial charge on any atom is 0.126 e. The molecule has 3 N–H and O–H groups in total. The van der Waals surface area contributed by atoms with Crippen LogP contribution in [0.25, 0.3) is 0 Å². The van der Waals surface area contributed by atoms with Crippen LogP contribution in [0.4, 0.5) is 4.39 Å². The first-order valence-electron chi connectivity index (χ1n) is 9.86. The predicted molar refractivity (Wildman–Crippen MR) is 110 cm³/mol. The summed E-state index contributed by atoms with van der Waals surface area (Å²) in [4.78, 5) is 0. The molecule has 2 aromatic carbocycles. The van der Waals surface area contributed by atoms with Crippen LogP contribution >= 0.6 is 12.4 Å². The Balaban J connectivity index is 0.00000240. The molecule has 0 aliphatic carbocycles. The van der Waals surface area contributed by atoms with Gasteiger partial charge in [0.1, 0.15) is 41.7 Å². The Hall–Kier alpha value is -1.86. The second-order valence-corrected chi connectivity index (χ2v) is 7.54. The van der Waals surface area contributed by atoms with Gasteiger partial charge in [-0.15, -0.1) is 12.4 Å². The van der Waals surface area contributed by atoms with Crippen LogP contribution < -0.4 is 14.8 Å². The van der Waals surface area contributed by atoms with E-state index in [1.54, 1.807) is 6.07 Å². The number of ether oxygens (including phenoxy) is 2. The molecule has 0 saturated carbocycles. The Morgan fingerprint density at radius 2 is 1.48 bits per heavy atom. The van der Waals surface area contributed by atoms with Gasteiger partial charge in [-0.1, -0.05) is 18.2 Å². The molecular formula is C22H27ClFNO4. The van der Waals surface area contributed by atoms with Crippen molar-refractivity contribution in [2.24, 2.45) is 0 Å². The number of aryl methyl sites for hydroxylation is 2. The molecule has 29 heavy (non-hydrogen) atoms. The van der Waals surface area contributed by atoms with E-state index in [9.17, 15) is 14.6 Å². The first-order valence-corrected chi connectivity index (χ1v) is 9.86. The third-order valence-corrected chi connectivity index (χ3v) is 5.51. The highest BCUT2D eigenvalue weighted by molar-refractivity contribution is 5.85. The van der Waals surface area contributed by atoms with Crippen molar-refractivity contribution in [3.05, 3.63) is 59.4 Å². The topological polar surface area (TPSA) is 71.0 Å². The van der Waals surface area contributed by atoms with Crippen LogP contribution in [0.15, 0.2) is 42.5 Å². The van der Waals surface area contributed by atoms with Gasteiger partial charge in [0.05, 0.1) is 0 Å². The maximum absolute atomic E-state index is 13.3. The van der Waals surface area contributed by atoms with Crippen molar-refractivity contribution in [1.29, 1.82) is 0 Å². The molecule has 158 valence electrons. The second-order valence-electron chi connectivity index (χ2n) is 7.54. The number of nitrogens with one attached hydrogen (secondary N) is 1. The molecule has 7 heteroatoms. The Morgan fingerprint density at radius 3 is 2.17 bits per heavy atom. The van der Waals surface area contributed by atoms with Gasteiger partial charge >= 0.3 is 0 Å². The quantitative estimate of drug-likeness (QED) is 0.666. The highest BCUT2D eigenvalue weighted by Crippen LogP contribution is 2.30. The van der Waals surface area contributed by atoms with Gasteiger partial charge in [0, 0.05) is 13.1 Å². The zero-order chi connectivity index (χ0) is 19.5. The van der Waals surface area contributed by atoms with Crippen LogP contribution in [0.5, 0.6) is 11.5 Å². The predicted octanol–water partition coefficient (Wildman–Crippen LogP) is 2.65. The van der Waals surface area contributed by atoms with E-state index in [1.165, 1.54) is 17.7 Å². The molecule has 2 aliphatic rings. The SMILES string of the molecule is Cl.O[C@@H](CNC[C@H](O)[C@H]1CCc2cc(F)ccc2O1)[C@@H]1CCc2ccccc2O1. The number of hydrogen-bond donors (Lipinski definition) is 3. The molecule has 0 amide bonds. The number of aliphatic hydroxyl groups excluding tert-OH is 2. The van der Waals surface area contributed by atoms with E-state index in [2.05, 4.69) is 5.32 Å². The number of benzene rings is 2. The summed E-state index contributed by atoms with van der Waals surface area (Å²) in [6.07, 6.45) is 0.984. The van der Waals surface area contributed by atoms with Gasteiger partial charge in [-0.05, 0) is 61.1 Å². The molecule has 4 rings (SSSR count). The zero-order valence-corrected chi connectivity index (χ0v) is 16.9. The lowest BCUT2D eigenvalue weighted by Crippen LogP contribution is -2.46. The van der Waals surface area contributed by atoms with Crippen molar-refractivity contribution in [2.45, 2.75) is 50.1 Å². The number of para-hydroxylation sites is 1. The Morgan fingerprint density at radius 1 is 0.897 bits per heavy atom. The van der Waals surface area contributed by atoms with E-state index in [1.807, 2.05) is 24.3 Å². The number of rotatable bonds is 6. The molecule has 2 aliphatic heterocycles. The molecule has 0 spiro atoms. The lowest BCUT2D eigenvalue weighted by molar-refractivity contribution is 0.00896. The normalized spacial score (nSPS) is 22.2. The van der Waals surface area contributed by atoms with Gasteiger partial charge < -0.3 is 25.0 Å². The largest absolute Gasteiger partial charge is 0.487 e. The van der Waals surface area contributed by atoms with E-state index < -0.39 is 12.2 Å². The summed E-state index contributed by atoms with van der Waals surface area (Å²) in [6.45, 7) is 0.639. The van der Waals surface area contributed by atoms with Crippen LogP contribution in [0.3, 0.4) is 0 Å². The first-order chi connectivity index (χ1) is 13.6. The summed E-state index contributed by atoms with van der Waals surface area (Å²) in [6, 6.07) is 12.3. The van der Waals surface area contributed by atoms with Gasteiger partial charge in [0.2, 0.25) is 0 Å². The molecule has 0 bridgehead atoms. The Kier molecular flexibility index (Phi) is 7.35. The fraction of sp³-hybridized carbons (Fsp3) is 0.455. The molecule has 2 heterocycles. The van der Waals surface area contributed by atoms with Gasteiger partial charge in [-0.2, -0.15) is 0 Å². The molecule has 0 saturated heterocycles. The van der Waals surface area contributed by atoms with E-state index >= 15 is 0 Å². The summed E-state index contributed by atoms with van der Waals surface area (Å²) in [5.74, 6) is 1.19. The maximum atomic E-state index is 13.3. The summed E-state index contributed by atoms with van der Waals surface area (Å²) in [5.41, 5.74) is 2.01. The third kappa shape index (κ3) is 5.20. The minimum absolute atomic E-state index is 0. The first kappa shape index (κ1) is 21.8. The highest BCUT2D eigenvalue weighted by atomic mass is 35.5. The smallest absolute Gasteiger partial charge is 0.126 e. The van der Waals surface area contributed by atoms with Gasteiger partial charge in [-0.3, -0.25) is 0 Å². The molecule has 0 radical (unpaired) electrons. The number of aliphatic hydroxyl groups is 2. The van der Waals surface area contributed by atoms with Crippen molar-refractivity contribution in [3.8, 4) is 11.5 Å². The molecule has 5 nitrogen and oxygen atoms in total. The van der Waals surface area contributed by atoms with Gasteiger partial charge in [0.15, 0.2) is 0 Å². The van der Waals surface area contributed by atoms with Crippen molar-refractivity contribution in [2.75, 3.05) is 13.1 Å². The molecule has 4 atom stereocenters. The summed E-state index contributed by atoms with van der Waals surface area (Å²) < 4.78 is 25.0. The summed E-state index contributed by atoms with van der Waals surface area (Å²) in [5, 5.41) is 24.0. The van der Waals surface area contributed by atoms with E-state index in [0.29, 0.717) is 31.7 Å². The van der Waals surface area contributed by atoms with Crippen LogP contribution in [0.2, 0.25) is 0 Å². The van der Waals surface area contributed by atoms with E-state index in [4.69, 9.17) is 9.47 Å². The number of halogens is 2. The Labute approximate surface area is 176 Å². The summed E-state index contributed by atoms with van der Waals surface area (Å²) in [7, 11) is 0. The van der Waals surface area contributed by atoms with Gasteiger partial charge in [0.25, 0.3) is 0 Å². The van der Waals surface area contributed by atoms with Gasteiger partial charge in [-0.25, -0.2) is 4.39 Å². The third-order valence-electron chi connectivity index (χ3n) is 5.51.